The maximum absolute atomic E-state index is 12.0. The number of rotatable bonds is 11. The topological polar surface area (TPSA) is 90.0 Å². The lowest BCUT2D eigenvalue weighted by molar-refractivity contribution is 0.483. The molecule has 0 saturated carbocycles. The molecular weight excluding hydrogens is 653 g/mol. The molecule has 0 bridgehead atoms. The van der Waals surface area contributed by atoms with Gasteiger partial charge in [-0.2, -0.15) is 18.6 Å². The third kappa shape index (κ3) is 6.65. The lowest BCUT2D eigenvalue weighted by atomic mass is 10.1. The fraction of sp³-hybridized carbons (Fsp3) is 0.209. The minimum Gasteiger partial charge on any atom is -0.282 e. The van der Waals surface area contributed by atoms with Crippen molar-refractivity contribution in [3.63, 3.8) is 0 Å². The molecule has 7 nitrogen and oxygen atoms in total. The van der Waals surface area contributed by atoms with E-state index in [1.807, 2.05) is 4.68 Å². The van der Waals surface area contributed by atoms with E-state index in [9.17, 15) is 13.0 Å². The van der Waals surface area contributed by atoms with Gasteiger partial charge in [0, 0.05) is 35.1 Å². The molecule has 8 rings (SSSR count). The molecule has 0 atom stereocenters. The predicted molar refractivity (Wildman–Crippen MR) is 203 cm³/mol. The molecule has 0 unspecified atom stereocenters. The normalized spacial score (nSPS) is 13.2. The van der Waals surface area contributed by atoms with Crippen LogP contribution >= 0.6 is 0 Å². The van der Waals surface area contributed by atoms with Crippen molar-refractivity contribution >= 4 is 22.3 Å². The number of aromatic nitrogens is 4. The van der Waals surface area contributed by atoms with E-state index in [-0.39, 0.29) is 4.90 Å². The summed E-state index contributed by atoms with van der Waals surface area (Å²) in [7, 11) is -4.32. The number of allylic oxidation sites excluding steroid dienone is 2. The van der Waals surface area contributed by atoms with Crippen LogP contribution in [0.25, 0.3) is 34.7 Å². The van der Waals surface area contributed by atoms with E-state index >= 15 is 0 Å². The van der Waals surface area contributed by atoms with Gasteiger partial charge in [0.05, 0.1) is 40.8 Å². The molecule has 0 amide bonds. The minimum absolute atomic E-state index is 0.102. The highest BCUT2D eigenvalue weighted by atomic mass is 32.2. The first-order valence-corrected chi connectivity index (χ1v) is 19.0. The van der Waals surface area contributed by atoms with Crippen LogP contribution in [-0.4, -0.2) is 32.5 Å². The smallest absolute Gasteiger partial charge is 0.282 e. The fourth-order valence-electron chi connectivity index (χ4n) is 7.34. The molecule has 2 heterocycles. The van der Waals surface area contributed by atoms with Crippen molar-refractivity contribution in [1.82, 2.24) is 19.6 Å². The SMILES string of the molecule is Cc1ccc(Cn2nc(C=CCCCC=Cc3nn(Cc4ccc(C)cc4)c4c3Cc3ccc(S(=O)(=O)O)cc3-4)c3c2-c2ccccc2C3)cc1. The summed E-state index contributed by atoms with van der Waals surface area (Å²) in [6, 6.07) is 30.6. The number of fused-ring (bicyclic) bond motifs is 6. The second-order valence-electron chi connectivity index (χ2n) is 13.8. The maximum atomic E-state index is 12.0. The molecule has 2 aromatic heterocycles. The molecule has 0 fully saturated rings. The van der Waals surface area contributed by atoms with Crippen LogP contribution in [0.1, 0.15) is 75.2 Å². The van der Waals surface area contributed by atoms with Crippen LogP contribution in [0.2, 0.25) is 0 Å². The molecule has 0 aliphatic heterocycles. The maximum Gasteiger partial charge on any atom is 0.294 e. The van der Waals surface area contributed by atoms with Crippen molar-refractivity contribution in [2.24, 2.45) is 0 Å². The van der Waals surface area contributed by atoms with Gasteiger partial charge in [-0.15, -0.1) is 0 Å². The van der Waals surface area contributed by atoms with Crippen molar-refractivity contribution < 1.29 is 13.0 Å². The van der Waals surface area contributed by atoms with E-state index in [0.29, 0.717) is 13.0 Å². The Morgan fingerprint density at radius 1 is 0.667 bits per heavy atom. The molecule has 0 radical (unpaired) electrons. The van der Waals surface area contributed by atoms with Crippen LogP contribution in [0.5, 0.6) is 0 Å². The number of hydrogen-bond acceptors (Lipinski definition) is 4. The first-order valence-electron chi connectivity index (χ1n) is 17.5. The highest BCUT2D eigenvalue weighted by molar-refractivity contribution is 7.85. The molecule has 6 aromatic rings. The zero-order chi connectivity index (χ0) is 35.1. The van der Waals surface area contributed by atoms with Gasteiger partial charge in [0.1, 0.15) is 0 Å². The molecule has 0 spiro atoms. The summed E-state index contributed by atoms with van der Waals surface area (Å²) in [6.45, 7) is 5.48. The molecular formula is C43H40N4O3S. The fourth-order valence-corrected chi connectivity index (χ4v) is 7.84. The van der Waals surface area contributed by atoms with Crippen LogP contribution in [0, 0.1) is 13.8 Å². The van der Waals surface area contributed by atoms with Gasteiger partial charge in [-0.1, -0.05) is 102 Å². The lowest BCUT2D eigenvalue weighted by Gasteiger charge is -2.09. The quantitative estimate of drug-likeness (QED) is 0.108. The zero-order valence-corrected chi connectivity index (χ0v) is 29.7. The first kappa shape index (κ1) is 32.9. The third-order valence-corrected chi connectivity index (χ3v) is 10.9. The molecule has 1 N–H and O–H groups in total. The van der Waals surface area contributed by atoms with Crippen molar-refractivity contribution in [3.05, 3.63) is 159 Å². The van der Waals surface area contributed by atoms with Gasteiger partial charge >= 0.3 is 0 Å². The summed E-state index contributed by atoms with van der Waals surface area (Å²) < 4.78 is 37.8. The summed E-state index contributed by atoms with van der Waals surface area (Å²) in [5, 5.41) is 10.1. The average molecular weight is 693 g/mol. The summed E-state index contributed by atoms with van der Waals surface area (Å²) in [4.78, 5) is -0.102. The average Bonchev–Trinajstić information content (AvgIpc) is 3.86. The Morgan fingerprint density at radius 3 is 1.73 bits per heavy atom. The van der Waals surface area contributed by atoms with E-state index < -0.39 is 10.1 Å². The Hall–Kier alpha value is -5.31. The molecule has 8 heteroatoms. The third-order valence-electron chi connectivity index (χ3n) is 10.0. The van der Waals surface area contributed by atoms with E-state index in [1.54, 1.807) is 12.1 Å². The molecule has 256 valence electrons. The predicted octanol–water partition coefficient (Wildman–Crippen LogP) is 9.08. The van der Waals surface area contributed by atoms with E-state index in [1.165, 1.54) is 45.1 Å². The second kappa shape index (κ2) is 13.4. The Bertz CT molecular complexity index is 2430. The van der Waals surface area contributed by atoms with E-state index in [4.69, 9.17) is 10.2 Å². The van der Waals surface area contributed by atoms with Gasteiger partial charge in [-0.25, -0.2) is 0 Å². The highest BCUT2D eigenvalue weighted by Gasteiger charge is 2.29. The van der Waals surface area contributed by atoms with Crippen molar-refractivity contribution in [2.45, 2.75) is 63.9 Å². The van der Waals surface area contributed by atoms with Crippen LogP contribution in [0.4, 0.5) is 0 Å². The highest BCUT2D eigenvalue weighted by Crippen LogP contribution is 2.41. The monoisotopic (exact) mass is 692 g/mol. The van der Waals surface area contributed by atoms with Gasteiger partial charge in [-0.3, -0.25) is 13.9 Å². The zero-order valence-electron chi connectivity index (χ0n) is 28.9. The van der Waals surface area contributed by atoms with Crippen molar-refractivity contribution in [3.8, 4) is 22.5 Å². The van der Waals surface area contributed by atoms with Gasteiger partial charge < -0.3 is 0 Å². The Kier molecular flexibility index (Phi) is 8.66. The Balaban J connectivity index is 0.977. The van der Waals surface area contributed by atoms with Gasteiger partial charge in [-0.05, 0) is 79.6 Å². The number of hydrogen-bond donors (Lipinski definition) is 1. The summed E-state index contributed by atoms with van der Waals surface area (Å²) in [6.07, 6.45) is 13.1. The van der Waals surface area contributed by atoms with Crippen molar-refractivity contribution in [1.29, 1.82) is 0 Å². The lowest BCUT2D eigenvalue weighted by Crippen LogP contribution is -2.05. The molecule has 0 saturated heterocycles. The summed E-state index contributed by atoms with van der Waals surface area (Å²) >= 11 is 0. The molecule has 2 aliphatic carbocycles. The van der Waals surface area contributed by atoms with E-state index in [0.717, 1.165) is 71.6 Å². The van der Waals surface area contributed by atoms with Gasteiger partial charge in [0.25, 0.3) is 10.1 Å². The molecule has 51 heavy (non-hydrogen) atoms. The van der Waals surface area contributed by atoms with Gasteiger partial charge in [0.15, 0.2) is 0 Å². The number of unbranched alkanes of at least 4 members (excludes halogenated alkanes) is 2. The van der Waals surface area contributed by atoms with E-state index in [2.05, 4.69) is 116 Å². The molecule has 4 aromatic carbocycles. The minimum atomic E-state index is -4.32. The number of nitrogens with zero attached hydrogens (tertiary/aromatic N) is 4. The van der Waals surface area contributed by atoms with Crippen LogP contribution < -0.4 is 0 Å². The van der Waals surface area contributed by atoms with Crippen LogP contribution in [0.15, 0.2) is 108 Å². The molecule has 2 aliphatic rings. The largest absolute Gasteiger partial charge is 0.294 e. The summed E-state index contributed by atoms with van der Waals surface area (Å²) in [5.74, 6) is 0. The number of benzene rings is 4. The van der Waals surface area contributed by atoms with Crippen LogP contribution in [-0.2, 0) is 36.0 Å². The summed E-state index contributed by atoms with van der Waals surface area (Å²) in [5.41, 5.74) is 15.8. The Labute approximate surface area is 299 Å². The van der Waals surface area contributed by atoms with Crippen molar-refractivity contribution in [2.75, 3.05) is 0 Å². The van der Waals surface area contributed by atoms with Gasteiger partial charge in [0.2, 0.25) is 0 Å². The number of aryl methyl sites for hydroxylation is 2. The Morgan fingerprint density at radius 2 is 1.18 bits per heavy atom. The second-order valence-corrected chi connectivity index (χ2v) is 15.2. The standard InChI is InChI=1S/C43H40N4O3S/c1-29-14-18-31(19-15-29)27-46-42-36-11-9-8-10-33(36)24-38(42)40(44-46)12-6-4-3-5-7-13-41-39-25-34-22-23-35(51(48,49)50)26-37(34)43(39)47(45-41)28-32-20-16-30(2)17-21-32/h6-23,26H,3-5,24-25,27-28H2,1-2H3,(H,48,49,50). The van der Waals surface area contributed by atoms with Crippen LogP contribution in [0.3, 0.4) is 0 Å². The first-order chi connectivity index (χ1) is 24.7.